The van der Waals surface area contributed by atoms with Crippen LogP contribution in [0.4, 0.5) is 0 Å². The van der Waals surface area contributed by atoms with Crippen molar-refractivity contribution in [3.05, 3.63) is 29.8 Å². The van der Waals surface area contributed by atoms with Gasteiger partial charge in [-0.15, -0.1) is 0 Å². The molecule has 2 heteroatoms. The van der Waals surface area contributed by atoms with E-state index in [0.29, 0.717) is 11.7 Å². The van der Waals surface area contributed by atoms with Gasteiger partial charge in [0.1, 0.15) is 5.75 Å². The summed E-state index contributed by atoms with van der Waals surface area (Å²) in [4.78, 5) is 0. The molecule has 0 spiro atoms. The predicted molar refractivity (Wildman–Crippen MR) is 42.2 cm³/mol. The van der Waals surface area contributed by atoms with Crippen molar-refractivity contribution in [2.45, 2.75) is 19.8 Å². The van der Waals surface area contributed by atoms with Crippen molar-refractivity contribution in [2.24, 2.45) is 0 Å². The summed E-state index contributed by atoms with van der Waals surface area (Å²) >= 11 is 0. The molecule has 0 aromatic heterocycles. The molecular formula is C9H12OZr. The first-order valence-electron chi connectivity index (χ1n) is 3.49. The summed E-state index contributed by atoms with van der Waals surface area (Å²) in [6, 6.07) is 7.32. The van der Waals surface area contributed by atoms with Crippen LogP contribution in [0.3, 0.4) is 0 Å². The summed E-state index contributed by atoms with van der Waals surface area (Å²) in [6.45, 7) is 4.26. The first-order valence-corrected chi connectivity index (χ1v) is 3.49. The predicted octanol–water partition coefficient (Wildman–Crippen LogP) is 2.51. The van der Waals surface area contributed by atoms with Gasteiger partial charge in [0.25, 0.3) is 0 Å². The van der Waals surface area contributed by atoms with Crippen molar-refractivity contribution in [3.8, 4) is 5.75 Å². The average Bonchev–Trinajstić information content (AvgIpc) is 1.88. The first-order chi connectivity index (χ1) is 4.70. The molecule has 1 rings (SSSR count). The van der Waals surface area contributed by atoms with Gasteiger partial charge in [0.05, 0.1) is 0 Å². The van der Waals surface area contributed by atoms with Crippen molar-refractivity contribution in [3.63, 3.8) is 0 Å². The Labute approximate surface area is 86.6 Å². The van der Waals surface area contributed by atoms with Crippen LogP contribution in [0.25, 0.3) is 0 Å². The van der Waals surface area contributed by atoms with E-state index in [0.717, 1.165) is 0 Å². The van der Waals surface area contributed by atoms with E-state index >= 15 is 0 Å². The van der Waals surface area contributed by atoms with Gasteiger partial charge in [0.15, 0.2) is 0 Å². The third kappa shape index (κ3) is 3.20. The quantitative estimate of drug-likeness (QED) is 0.781. The third-order valence-electron chi connectivity index (χ3n) is 1.56. The molecule has 1 aromatic rings. The Hall–Kier alpha value is -0.0969. The Bertz CT molecular complexity index is 203. The van der Waals surface area contributed by atoms with Crippen molar-refractivity contribution < 1.29 is 31.3 Å². The smallest absolute Gasteiger partial charge is 0.115 e. The van der Waals surface area contributed by atoms with Crippen LogP contribution >= 0.6 is 0 Å². The zero-order valence-corrected chi connectivity index (χ0v) is 9.29. The second-order valence-electron chi connectivity index (χ2n) is 2.75. The van der Waals surface area contributed by atoms with E-state index in [-0.39, 0.29) is 26.2 Å². The van der Waals surface area contributed by atoms with Crippen molar-refractivity contribution in [2.75, 3.05) is 0 Å². The molecule has 1 N–H and O–H groups in total. The van der Waals surface area contributed by atoms with Crippen molar-refractivity contribution >= 4 is 0 Å². The van der Waals surface area contributed by atoms with Crippen LogP contribution in [0.2, 0.25) is 0 Å². The molecule has 0 aliphatic carbocycles. The van der Waals surface area contributed by atoms with E-state index in [9.17, 15) is 0 Å². The van der Waals surface area contributed by atoms with Crippen LogP contribution in [0.15, 0.2) is 24.3 Å². The normalized spacial score (nSPS) is 9.36. The van der Waals surface area contributed by atoms with Gasteiger partial charge in [0.2, 0.25) is 0 Å². The molecule has 0 aliphatic heterocycles. The molecule has 0 aliphatic rings. The Balaban J connectivity index is 0.000001000. The summed E-state index contributed by atoms with van der Waals surface area (Å²) in [7, 11) is 0. The van der Waals surface area contributed by atoms with E-state index in [1.165, 1.54) is 5.56 Å². The molecule has 0 radical (unpaired) electrons. The average molecular weight is 227 g/mol. The number of hydrogen-bond acceptors (Lipinski definition) is 1. The monoisotopic (exact) mass is 226 g/mol. The van der Waals surface area contributed by atoms with Gasteiger partial charge in [-0.05, 0) is 23.6 Å². The van der Waals surface area contributed by atoms with Crippen LogP contribution in [0.1, 0.15) is 25.3 Å². The summed E-state index contributed by atoms with van der Waals surface area (Å²) in [5, 5.41) is 8.94. The number of rotatable bonds is 1. The van der Waals surface area contributed by atoms with Crippen LogP contribution in [0.5, 0.6) is 5.75 Å². The van der Waals surface area contributed by atoms with Gasteiger partial charge in [-0.2, -0.15) is 0 Å². The largest absolute Gasteiger partial charge is 0.508 e. The van der Waals surface area contributed by atoms with Crippen LogP contribution < -0.4 is 0 Å². The molecule has 11 heavy (non-hydrogen) atoms. The van der Waals surface area contributed by atoms with E-state index in [1.807, 2.05) is 12.1 Å². The van der Waals surface area contributed by atoms with Crippen molar-refractivity contribution in [1.29, 1.82) is 0 Å². The number of aromatic hydroxyl groups is 1. The molecule has 1 aromatic carbocycles. The molecule has 0 fully saturated rings. The van der Waals surface area contributed by atoms with Crippen LogP contribution in [0, 0.1) is 0 Å². The Morgan fingerprint density at radius 2 is 1.55 bits per heavy atom. The minimum Gasteiger partial charge on any atom is -0.508 e. The SMILES string of the molecule is CC(C)c1ccc(O)cc1.[Zr]. The van der Waals surface area contributed by atoms with Gasteiger partial charge in [-0.1, -0.05) is 26.0 Å². The van der Waals surface area contributed by atoms with Gasteiger partial charge in [-0.25, -0.2) is 0 Å². The van der Waals surface area contributed by atoms with Crippen molar-refractivity contribution in [1.82, 2.24) is 0 Å². The zero-order valence-electron chi connectivity index (χ0n) is 6.83. The zero-order chi connectivity index (χ0) is 7.56. The summed E-state index contributed by atoms with van der Waals surface area (Å²) in [6.07, 6.45) is 0. The Morgan fingerprint density at radius 1 is 1.09 bits per heavy atom. The van der Waals surface area contributed by atoms with Gasteiger partial charge in [-0.3, -0.25) is 0 Å². The second-order valence-corrected chi connectivity index (χ2v) is 2.75. The topological polar surface area (TPSA) is 20.2 Å². The Morgan fingerprint density at radius 3 is 1.91 bits per heavy atom. The molecule has 0 atom stereocenters. The van der Waals surface area contributed by atoms with Crippen LogP contribution in [-0.2, 0) is 26.2 Å². The fourth-order valence-electron chi connectivity index (χ4n) is 0.859. The van der Waals surface area contributed by atoms with E-state index < -0.39 is 0 Å². The van der Waals surface area contributed by atoms with E-state index in [4.69, 9.17) is 5.11 Å². The van der Waals surface area contributed by atoms with E-state index in [1.54, 1.807) is 12.1 Å². The molecule has 58 valence electrons. The number of phenols is 1. The fraction of sp³-hybridized carbons (Fsp3) is 0.333. The number of benzene rings is 1. The van der Waals surface area contributed by atoms with Gasteiger partial charge >= 0.3 is 0 Å². The molecule has 0 unspecified atom stereocenters. The molecule has 0 amide bonds. The number of phenolic OH excluding ortho intramolecular Hbond substituents is 1. The number of hydrogen-bond donors (Lipinski definition) is 1. The fourth-order valence-corrected chi connectivity index (χ4v) is 0.859. The van der Waals surface area contributed by atoms with Crippen LogP contribution in [-0.4, -0.2) is 5.11 Å². The van der Waals surface area contributed by atoms with Gasteiger partial charge in [0, 0.05) is 26.2 Å². The standard InChI is InChI=1S/C9H12O.Zr/c1-7(2)8-3-5-9(10)6-4-8;/h3-7,10H,1-2H3;. The summed E-state index contributed by atoms with van der Waals surface area (Å²) in [5.74, 6) is 0.880. The van der Waals surface area contributed by atoms with E-state index in [2.05, 4.69) is 13.8 Å². The Kier molecular flexibility index (Phi) is 4.67. The molecule has 0 saturated carbocycles. The molecule has 0 heterocycles. The molecule has 0 saturated heterocycles. The maximum absolute atomic E-state index is 8.94. The van der Waals surface area contributed by atoms with Gasteiger partial charge < -0.3 is 5.11 Å². The minimum absolute atomic E-state index is 0. The maximum atomic E-state index is 8.94. The maximum Gasteiger partial charge on any atom is 0.115 e. The summed E-state index contributed by atoms with van der Waals surface area (Å²) < 4.78 is 0. The minimum atomic E-state index is 0. The first kappa shape index (κ1) is 10.9. The molecular weight excluding hydrogens is 215 g/mol. The summed E-state index contributed by atoms with van der Waals surface area (Å²) in [5.41, 5.74) is 1.26. The third-order valence-corrected chi connectivity index (χ3v) is 1.56. The molecule has 1 nitrogen and oxygen atoms in total. The second kappa shape index (κ2) is 4.71. The molecule has 0 bridgehead atoms.